The molecular formula is C22H28N6O2. The fourth-order valence-electron chi connectivity index (χ4n) is 3.98. The minimum absolute atomic E-state index is 0.403. The third-order valence-electron chi connectivity index (χ3n) is 5.60. The van der Waals surface area contributed by atoms with Gasteiger partial charge in [0.1, 0.15) is 0 Å². The van der Waals surface area contributed by atoms with Gasteiger partial charge < -0.3 is 4.90 Å². The molecule has 158 valence electrons. The molecule has 0 aliphatic carbocycles. The van der Waals surface area contributed by atoms with Gasteiger partial charge in [-0.2, -0.15) is 4.98 Å². The van der Waals surface area contributed by atoms with Gasteiger partial charge in [-0.05, 0) is 19.4 Å². The lowest BCUT2D eigenvalue weighted by Gasteiger charge is -2.35. The van der Waals surface area contributed by atoms with Gasteiger partial charge in [0.25, 0.3) is 5.56 Å². The lowest BCUT2D eigenvalue weighted by molar-refractivity contribution is 0.276. The van der Waals surface area contributed by atoms with Crippen molar-refractivity contribution in [2.75, 3.05) is 37.6 Å². The highest BCUT2D eigenvalue weighted by molar-refractivity contribution is 5.74. The fourth-order valence-corrected chi connectivity index (χ4v) is 3.98. The van der Waals surface area contributed by atoms with Crippen LogP contribution in [0.5, 0.6) is 0 Å². The third-order valence-corrected chi connectivity index (χ3v) is 5.60. The van der Waals surface area contributed by atoms with Gasteiger partial charge in [0, 0.05) is 39.8 Å². The van der Waals surface area contributed by atoms with Crippen LogP contribution in [0.25, 0.3) is 11.2 Å². The van der Waals surface area contributed by atoms with Gasteiger partial charge in [-0.3, -0.25) is 23.8 Å². The summed E-state index contributed by atoms with van der Waals surface area (Å²) in [5.41, 5.74) is 3.40. The maximum atomic E-state index is 12.7. The fraction of sp³-hybridized carbons (Fsp3) is 0.409. The molecule has 1 fully saturated rings. The molecule has 30 heavy (non-hydrogen) atoms. The summed E-state index contributed by atoms with van der Waals surface area (Å²) in [6.45, 7) is 12.9. The minimum atomic E-state index is -0.453. The summed E-state index contributed by atoms with van der Waals surface area (Å²) in [4.78, 5) is 36.6. The molecule has 1 aromatic carbocycles. The van der Waals surface area contributed by atoms with Gasteiger partial charge in [-0.25, -0.2) is 4.79 Å². The monoisotopic (exact) mass is 408 g/mol. The molecule has 0 radical (unpaired) electrons. The summed E-state index contributed by atoms with van der Waals surface area (Å²) in [7, 11) is 1.64. The van der Waals surface area contributed by atoms with Crippen LogP contribution in [-0.4, -0.2) is 56.7 Å². The first kappa shape index (κ1) is 20.2. The molecule has 0 amide bonds. The third kappa shape index (κ3) is 3.82. The van der Waals surface area contributed by atoms with Crippen LogP contribution in [-0.2, 0) is 13.6 Å². The molecule has 1 aliphatic heterocycles. The molecule has 0 spiro atoms. The average molecular weight is 409 g/mol. The van der Waals surface area contributed by atoms with Crippen LogP contribution in [0.1, 0.15) is 18.1 Å². The second kappa shape index (κ2) is 7.95. The van der Waals surface area contributed by atoms with Gasteiger partial charge in [0.15, 0.2) is 11.2 Å². The Morgan fingerprint density at radius 2 is 1.80 bits per heavy atom. The average Bonchev–Trinajstić information content (AvgIpc) is 3.08. The Bertz CT molecular complexity index is 1190. The van der Waals surface area contributed by atoms with Gasteiger partial charge in [-0.1, -0.05) is 42.0 Å². The first-order valence-corrected chi connectivity index (χ1v) is 10.2. The van der Waals surface area contributed by atoms with Gasteiger partial charge >= 0.3 is 5.69 Å². The number of aromatic amines is 1. The normalized spacial score (nSPS) is 15.1. The number of hydrogen-bond donors (Lipinski definition) is 1. The van der Waals surface area contributed by atoms with Crippen molar-refractivity contribution < 1.29 is 0 Å². The molecule has 0 bridgehead atoms. The highest BCUT2D eigenvalue weighted by atomic mass is 16.2. The number of nitrogens with zero attached hydrogens (tertiary/aromatic N) is 5. The lowest BCUT2D eigenvalue weighted by atomic mass is 10.1. The second-order valence-electron chi connectivity index (χ2n) is 8.19. The van der Waals surface area contributed by atoms with Crippen LogP contribution in [0.2, 0.25) is 0 Å². The molecule has 3 aromatic rings. The highest BCUT2D eigenvalue weighted by Crippen LogP contribution is 2.22. The smallest absolute Gasteiger partial charge is 0.329 e. The maximum Gasteiger partial charge on any atom is 0.329 e. The van der Waals surface area contributed by atoms with E-state index in [-0.39, 0.29) is 0 Å². The summed E-state index contributed by atoms with van der Waals surface area (Å²) < 4.78 is 3.34. The van der Waals surface area contributed by atoms with Crippen LogP contribution in [0.15, 0.2) is 46.0 Å². The van der Waals surface area contributed by atoms with Crippen molar-refractivity contribution in [2.24, 2.45) is 7.05 Å². The van der Waals surface area contributed by atoms with Crippen molar-refractivity contribution in [1.82, 2.24) is 24.0 Å². The molecule has 1 saturated heterocycles. The highest BCUT2D eigenvalue weighted by Gasteiger charge is 2.25. The van der Waals surface area contributed by atoms with Crippen LogP contribution in [0.3, 0.4) is 0 Å². The van der Waals surface area contributed by atoms with E-state index in [1.807, 2.05) is 18.4 Å². The summed E-state index contributed by atoms with van der Waals surface area (Å²) >= 11 is 0. The number of hydrogen-bond acceptors (Lipinski definition) is 5. The quantitative estimate of drug-likeness (QED) is 0.647. The number of benzene rings is 1. The van der Waals surface area contributed by atoms with E-state index in [0.717, 1.165) is 49.8 Å². The maximum absolute atomic E-state index is 12.7. The van der Waals surface area contributed by atoms with E-state index >= 15 is 0 Å². The lowest BCUT2D eigenvalue weighted by Crippen LogP contribution is -2.47. The number of H-pyrrole nitrogens is 1. The van der Waals surface area contributed by atoms with E-state index in [9.17, 15) is 9.59 Å². The van der Waals surface area contributed by atoms with Crippen molar-refractivity contribution in [3.63, 3.8) is 0 Å². The number of rotatable bonds is 5. The molecule has 8 nitrogen and oxygen atoms in total. The number of fused-ring (bicyclic) bond motifs is 1. The number of anilines is 1. The van der Waals surface area contributed by atoms with Crippen LogP contribution in [0.4, 0.5) is 5.95 Å². The predicted octanol–water partition coefficient (Wildman–Crippen LogP) is 1.48. The van der Waals surface area contributed by atoms with Gasteiger partial charge in [0.2, 0.25) is 5.95 Å². The van der Waals surface area contributed by atoms with Crippen molar-refractivity contribution >= 4 is 17.1 Å². The topological polar surface area (TPSA) is 79.2 Å². The molecule has 4 rings (SSSR count). The zero-order valence-corrected chi connectivity index (χ0v) is 17.8. The first-order valence-electron chi connectivity index (χ1n) is 10.2. The second-order valence-corrected chi connectivity index (χ2v) is 8.19. The van der Waals surface area contributed by atoms with Crippen LogP contribution >= 0.6 is 0 Å². The molecule has 1 N–H and O–H groups in total. The Morgan fingerprint density at radius 1 is 1.13 bits per heavy atom. The molecule has 0 saturated carbocycles. The Kier molecular flexibility index (Phi) is 5.34. The molecule has 2 aromatic heterocycles. The Labute approximate surface area is 175 Å². The van der Waals surface area contributed by atoms with Crippen LogP contribution < -0.4 is 16.1 Å². The molecule has 3 heterocycles. The summed E-state index contributed by atoms with van der Waals surface area (Å²) in [5, 5.41) is 0. The van der Waals surface area contributed by atoms with Crippen molar-refractivity contribution in [3.8, 4) is 0 Å². The number of imidazole rings is 1. The Morgan fingerprint density at radius 3 is 2.43 bits per heavy atom. The van der Waals surface area contributed by atoms with E-state index in [1.165, 1.54) is 10.1 Å². The van der Waals surface area contributed by atoms with Gasteiger partial charge in [-0.15, -0.1) is 0 Å². The molecule has 0 unspecified atom stereocenters. The molecule has 8 heteroatoms. The first-order chi connectivity index (χ1) is 14.3. The minimum Gasteiger partial charge on any atom is -0.340 e. The number of aromatic nitrogens is 4. The molecular weight excluding hydrogens is 380 g/mol. The summed E-state index contributed by atoms with van der Waals surface area (Å²) in [5.74, 6) is 0.729. The van der Waals surface area contributed by atoms with E-state index in [0.29, 0.717) is 17.7 Å². The standard InChI is InChI=1S/C22H28N6O2/c1-15(2)13-26-9-11-27(12-10-26)21-23-19-18(20(29)24-22(30)25(19)4)28(21)14-17-7-5-16(3)6-8-17/h5-8H,1,9-14H2,2-4H3,(H,24,29,30). The van der Waals surface area contributed by atoms with E-state index in [2.05, 4.69) is 45.6 Å². The van der Waals surface area contributed by atoms with E-state index in [4.69, 9.17) is 4.98 Å². The SMILES string of the molecule is C=C(C)CN1CCN(c2nc3c(c(=O)[nH]c(=O)n3C)n2Cc2ccc(C)cc2)CC1. The Balaban J connectivity index is 1.76. The number of aryl methyl sites for hydroxylation is 2. The number of piperazine rings is 1. The largest absolute Gasteiger partial charge is 0.340 e. The van der Waals surface area contributed by atoms with Crippen molar-refractivity contribution in [3.05, 3.63) is 68.4 Å². The van der Waals surface area contributed by atoms with Crippen molar-refractivity contribution in [2.45, 2.75) is 20.4 Å². The Hall–Kier alpha value is -3.13. The zero-order valence-electron chi connectivity index (χ0n) is 17.8. The molecule has 0 atom stereocenters. The van der Waals surface area contributed by atoms with Crippen molar-refractivity contribution in [1.29, 1.82) is 0 Å². The van der Waals surface area contributed by atoms with Crippen LogP contribution in [0, 0.1) is 6.92 Å². The van der Waals surface area contributed by atoms with E-state index in [1.54, 1.807) is 7.05 Å². The summed E-state index contributed by atoms with van der Waals surface area (Å²) in [6, 6.07) is 8.24. The predicted molar refractivity (Wildman–Crippen MR) is 119 cm³/mol. The molecule has 1 aliphatic rings. The van der Waals surface area contributed by atoms with Gasteiger partial charge in [0.05, 0.1) is 6.54 Å². The summed E-state index contributed by atoms with van der Waals surface area (Å²) in [6.07, 6.45) is 0. The number of nitrogens with one attached hydrogen (secondary N) is 1. The van der Waals surface area contributed by atoms with E-state index < -0.39 is 11.2 Å². The zero-order chi connectivity index (χ0) is 21.4.